The lowest BCUT2D eigenvalue weighted by Crippen LogP contribution is -2.43. The number of nitrogens with zero attached hydrogens (tertiary/aromatic N) is 4. The summed E-state index contributed by atoms with van der Waals surface area (Å²) in [5.41, 5.74) is -0.859. The maximum atomic E-state index is 12.5. The molecule has 344 valence electrons. The average Bonchev–Trinajstić information content (AvgIpc) is 3.68. The van der Waals surface area contributed by atoms with Gasteiger partial charge in [0.25, 0.3) is 23.6 Å². The van der Waals surface area contributed by atoms with Crippen molar-refractivity contribution in [3.05, 3.63) is 60.9 Å². The van der Waals surface area contributed by atoms with Crippen LogP contribution in [0.2, 0.25) is 0 Å². The maximum absolute atomic E-state index is 12.5. The van der Waals surface area contributed by atoms with Crippen molar-refractivity contribution in [2.45, 2.75) is 99.8 Å². The second-order valence-electron chi connectivity index (χ2n) is 13.9. The van der Waals surface area contributed by atoms with Gasteiger partial charge in [-0.25, -0.2) is 19.6 Å². The van der Waals surface area contributed by atoms with Crippen LogP contribution < -0.4 is 0 Å². The van der Waals surface area contributed by atoms with Crippen LogP contribution in [0.5, 0.6) is 0 Å². The van der Waals surface area contributed by atoms with Crippen LogP contribution in [0, 0.1) is 5.41 Å². The van der Waals surface area contributed by atoms with Crippen LogP contribution in [0.1, 0.15) is 81.1 Å². The Morgan fingerprint density at radius 2 is 1.10 bits per heavy atom. The van der Waals surface area contributed by atoms with Gasteiger partial charge in [-0.15, -0.1) is 10.1 Å². The van der Waals surface area contributed by atoms with Crippen LogP contribution in [0.4, 0.5) is 0 Å². The van der Waals surface area contributed by atoms with Gasteiger partial charge in [0.1, 0.15) is 31.9 Å². The number of halogens is 2. The zero-order chi connectivity index (χ0) is 45.1. The molecule has 2 fully saturated rings. The van der Waals surface area contributed by atoms with Gasteiger partial charge in [0, 0.05) is 55.2 Å². The third-order valence-corrected chi connectivity index (χ3v) is 12.7. The standard InChI is InChI=1S/C19H23BrN2O6S2.C11H14BrNO2S2.C8H9NO4.CH4.H3P/c1-18(2,16(25)27-10-11-29-30-13-6-4-5-9-21-13)12-19(3,20)17(26)28-22-14(23)7-8-15(22)24;1-11(2,12)10(14)15-7-8-16-17-9-5-3-4-6-13-9;1-5(2)8(12)13-9-6(10)3-4-7(9)11;;/h4-6,9H,7-8,10-12H2,1-3H3;3-6H,7-8H2,1-2H3;1,3-4H2,2H3;1H4;1H3. The third-order valence-electron chi connectivity index (χ3n) is 7.31. The number of alkyl halides is 2. The van der Waals surface area contributed by atoms with Gasteiger partial charge in [0.15, 0.2) is 0 Å². The minimum Gasteiger partial charge on any atom is -0.464 e. The van der Waals surface area contributed by atoms with Gasteiger partial charge < -0.3 is 19.1 Å². The number of rotatable bonds is 18. The molecule has 0 aromatic carbocycles. The normalized spacial score (nSPS) is 14.4. The van der Waals surface area contributed by atoms with Crippen LogP contribution in [0.25, 0.3) is 0 Å². The van der Waals surface area contributed by atoms with Gasteiger partial charge in [0.2, 0.25) is 0 Å². The smallest absolute Gasteiger partial charge is 0.359 e. The molecule has 0 radical (unpaired) electrons. The van der Waals surface area contributed by atoms with Crippen molar-refractivity contribution in [1.29, 1.82) is 0 Å². The zero-order valence-electron chi connectivity index (χ0n) is 34.5. The fourth-order valence-electron chi connectivity index (χ4n) is 4.33. The first-order valence-corrected chi connectivity index (χ1v) is 24.2. The summed E-state index contributed by atoms with van der Waals surface area (Å²) in [7, 11) is 6.22. The van der Waals surface area contributed by atoms with E-state index in [1.807, 2.05) is 36.4 Å². The second kappa shape index (κ2) is 28.7. The lowest BCUT2D eigenvalue weighted by atomic mass is 9.83. The molecule has 23 heteroatoms. The predicted octanol–water partition coefficient (Wildman–Crippen LogP) is 7.94. The number of ether oxygens (including phenoxy) is 2. The molecular weight excluding hydrogens is 1040 g/mol. The largest absolute Gasteiger partial charge is 0.464 e. The first-order chi connectivity index (χ1) is 28.0. The van der Waals surface area contributed by atoms with E-state index in [9.17, 15) is 38.4 Å². The minimum atomic E-state index is -1.29. The number of pyridine rings is 2. The number of aromatic nitrogens is 2. The van der Waals surface area contributed by atoms with Crippen molar-refractivity contribution in [2.75, 3.05) is 24.7 Å². The number of carbonyl (C=O) groups excluding carboxylic acids is 8. The summed E-state index contributed by atoms with van der Waals surface area (Å²) in [5, 5.41) is 2.82. The Morgan fingerprint density at radius 3 is 1.47 bits per heavy atom. The SMILES string of the molecule is C.C=C(C)C(=O)ON1C(=O)CCC1=O.CC(C)(Br)C(=O)OCCSSc1ccccn1.CC(C)(CC(C)(Br)C(=O)ON1C(=O)CCC1=O)C(=O)OCCSSc1ccccn1.P. The molecule has 0 spiro atoms. The summed E-state index contributed by atoms with van der Waals surface area (Å²) in [6.07, 6.45) is 3.74. The van der Waals surface area contributed by atoms with E-state index in [1.165, 1.54) is 35.4 Å². The van der Waals surface area contributed by atoms with Gasteiger partial charge in [-0.3, -0.25) is 28.8 Å². The quantitative estimate of drug-likeness (QED) is 0.0264. The molecule has 2 unspecified atom stereocenters. The van der Waals surface area contributed by atoms with Crippen LogP contribution in [0.15, 0.2) is 71.0 Å². The summed E-state index contributed by atoms with van der Waals surface area (Å²) >= 11 is 6.52. The van der Waals surface area contributed by atoms with Crippen molar-refractivity contribution in [3.8, 4) is 0 Å². The van der Waals surface area contributed by atoms with E-state index in [0.29, 0.717) is 22.5 Å². The molecule has 4 amide bonds. The van der Waals surface area contributed by atoms with E-state index in [4.69, 9.17) is 14.3 Å². The Balaban J connectivity index is 0.000000983. The highest BCUT2D eigenvalue weighted by Gasteiger charge is 2.45. The zero-order valence-corrected chi connectivity index (χ0v) is 42.3. The predicted molar refractivity (Wildman–Crippen MR) is 253 cm³/mol. The summed E-state index contributed by atoms with van der Waals surface area (Å²) in [4.78, 5) is 110. The molecule has 2 aromatic rings. The molecule has 2 saturated heterocycles. The Morgan fingerprint density at radius 1 is 0.694 bits per heavy atom. The molecule has 2 aliphatic heterocycles. The van der Waals surface area contributed by atoms with E-state index in [-0.39, 0.29) is 67.6 Å². The molecule has 0 saturated carbocycles. The average molecular weight is 1090 g/mol. The van der Waals surface area contributed by atoms with Gasteiger partial charge in [-0.2, -0.15) is 9.90 Å². The highest BCUT2D eigenvalue weighted by molar-refractivity contribution is 9.10. The fourth-order valence-corrected chi connectivity index (χ4v) is 8.63. The van der Waals surface area contributed by atoms with Crippen molar-refractivity contribution < 1.29 is 57.5 Å². The van der Waals surface area contributed by atoms with Gasteiger partial charge in [0.05, 0.1) is 5.41 Å². The first kappa shape index (κ1) is 59.0. The lowest BCUT2D eigenvalue weighted by molar-refractivity contribution is -0.199. The molecule has 16 nitrogen and oxygen atoms in total. The van der Waals surface area contributed by atoms with E-state index in [2.05, 4.69) is 53.2 Å². The van der Waals surface area contributed by atoms with Crippen molar-refractivity contribution >= 4 is 132 Å². The van der Waals surface area contributed by atoms with Crippen molar-refractivity contribution in [2.24, 2.45) is 5.41 Å². The molecule has 4 rings (SSSR count). The highest BCUT2D eigenvalue weighted by atomic mass is 79.9. The number of imide groups is 2. The molecule has 0 bridgehead atoms. The summed E-state index contributed by atoms with van der Waals surface area (Å²) < 4.78 is 8.56. The van der Waals surface area contributed by atoms with E-state index in [0.717, 1.165) is 15.8 Å². The fraction of sp³-hybridized carbons (Fsp3) is 0.487. The molecule has 0 N–H and O–H groups in total. The molecule has 2 aromatic heterocycles. The Kier molecular flexibility index (Phi) is 27.3. The van der Waals surface area contributed by atoms with E-state index >= 15 is 0 Å². The monoisotopic (exact) mass is 1090 g/mol. The molecule has 2 aliphatic rings. The number of hydrogen-bond acceptors (Lipinski definition) is 18. The summed E-state index contributed by atoms with van der Waals surface area (Å²) in [5.74, 6) is -3.05. The maximum Gasteiger partial charge on any atom is 0.359 e. The van der Waals surface area contributed by atoms with Crippen molar-refractivity contribution in [1.82, 2.24) is 20.1 Å². The highest BCUT2D eigenvalue weighted by Crippen LogP contribution is 2.37. The summed E-state index contributed by atoms with van der Waals surface area (Å²) in [6.45, 7) is 13.8. The second-order valence-corrected chi connectivity index (χ2v) is 22.5. The van der Waals surface area contributed by atoms with Crippen LogP contribution in [-0.4, -0.2) is 101 Å². The van der Waals surface area contributed by atoms with E-state index < -0.39 is 55.6 Å². The van der Waals surface area contributed by atoms with Crippen LogP contribution >= 0.6 is 84.9 Å². The Hall–Kier alpha value is -3.01. The molecule has 0 aliphatic carbocycles. The first-order valence-electron chi connectivity index (χ1n) is 18.0. The van der Waals surface area contributed by atoms with Gasteiger partial charge >= 0.3 is 23.9 Å². The lowest BCUT2D eigenvalue weighted by Gasteiger charge is -2.30. The van der Waals surface area contributed by atoms with Crippen LogP contribution in [0.3, 0.4) is 0 Å². The Bertz CT molecular complexity index is 1830. The number of hydroxylamine groups is 4. The third kappa shape index (κ3) is 21.6. The number of esters is 2. The molecule has 2 atom stereocenters. The van der Waals surface area contributed by atoms with E-state index in [1.54, 1.807) is 61.7 Å². The number of amides is 4. The number of hydrogen-bond donors (Lipinski definition) is 0. The minimum absolute atomic E-state index is 0. The molecule has 62 heavy (non-hydrogen) atoms. The summed E-state index contributed by atoms with van der Waals surface area (Å²) in [6, 6.07) is 11.4. The molecular formula is C39H53Br2N4O12PS4. The topological polar surface area (TPSA) is 206 Å². The van der Waals surface area contributed by atoms with Crippen molar-refractivity contribution in [3.63, 3.8) is 0 Å². The Labute approximate surface area is 398 Å². The van der Waals surface area contributed by atoms with Crippen LogP contribution in [-0.2, 0) is 57.5 Å². The van der Waals surface area contributed by atoms with Gasteiger partial charge in [-0.1, -0.05) is 79.6 Å². The molecule has 4 heterocycles. The number of carbonyl (C=O) groups is 8. The van der Waals surface area contributed by atoms with Gasteiger partial charge in [-0.05, 0) is 93.8 Å².